The molecule has 0 amide bonds. The molecule has 1 saturated heterocycles. The average molecular weight is 255 g/mol. The van der Waals surface area contributed by atoms with Gasteiger partial charge in [-0.05, 0) is 25.2 Å². The molecule has 18 heavy (non-hydrogen) atoms. The van der Waals surface area contributed by atoms with Crippen molar-refractivity contribution in [2.45, 2.75) is 44.9 Å². The summed E-state index contributed by atoms with van der Waals surface area (Å²) in [5, 5.41) is 3.54. The molecule has 1 N–H and O–H groups in total. The Hall–Kier alpha value is -0.120. The van der Waals surface area contributed by atoms with Gasteiger partial charge in [0.1, 0.15) is 0 Å². The van der Waals surface area contributed by atoms with E-state index in [-0.39, 0.29) is 0 Å². The maximum atomic E-state index is 5.66. The zero-order chi connectivity index (χ0) is 12.7. The standard InChI is InChI=1S/C15H29NO2/c1-17-11-9-16-12-15(8-10-18-13-15)7-6-14-4-2-3-5-14/h14,16H,2-13H2,1H3. The lowest BCUT2D eigenvalue weighted by Crippen LogP contribution is -2.36. The van der Waals surface area contributed by atoms with Gasteiger partial charge in [0, 0.05) is 32.2 Å². The second-order valence-electron chi connectivity index (χ2n) is 6.16. The van der Waals surface area contributed by atoms with Gasteiger partial charge in [-0.25, -0.2) is 0 Å². The first-order valence-corrected chi connectivity index (χ1v) is 7.62. The van der Waals surface area contributed by atoms with Crippen molar-refractivity contribution >= 4 is 0 Å². The molecule has 1 saturated carbocycles. The topological polar surface area (TPSA) is 30.5 Å². The van der Waals surface area contributed by atoms with Crippen molar-refractivity contribution in [3.63, 3.8) is 0 Å². The first-order chi connectivity index (χ1) is 8.85. The average Bonchev–Trinajstić information content (AvgIpc) is 3.04. The van der Waals surface area contributed by atoms with Crippen LogP contribution in [0.5, 0.6) is 0 Å². The Morgan fingerprint density at radius 1 is 1.33 bits per heavy atom. The molecular weight excluding hydrogens is 226 g/mol. The summed E-state index contributed by atoms with van der Waals surface area (Å²) in [6.45, 7) is 4.78. The van der Waals surface area contributed by atoms with Crippen molar-refractivity contribution in [3.05, 3.63) is 0 Å². The second kappa shape index (κ2) is 7.46. The van der Waals surface area contributed by atoms with Crippen LogP contribution in [0.3, 0.4) is 0 Å². The van der Waals surface area contributed by atoms with Crippen LogP contribution in [0.15, 0.2) is 0 Å². The molecular formula is C15H29NO2. The summed E-state index contributed by atoms with van der Waals surface area (Å²) in [5.41, 5.74) is 0.413. The molecule has 0 bridgehead atoms. The molecule has 1 unspecified atom stereocenters. The van der Waals surface area contributed by atoms with Gasteiger partial charge in [0.25, 0.3) is 0 Å². The van der Waals surface area contributed by atoms with E-state index in [1.165, 1.54) is 44.9 Å². The Morgan fingerprint density at radius 2 is 2.17 bits per heavy atom. The molecule has 0 aromatic heterocycles. The van der Waals surface area contributed by atoms with Gasteiger partial charge in [-0.2, -0.15) is 0 Å². The predicted molar refractivity (Wildman–Crippen MR) is 73.8 cm³/mol. The zero-order valence-corrected chi connectivity index (χ0v) is 11.9. The fourth-order valence-corrected chi connectivity index (χ4v) is 3.41. The summed E-state index contributed by atoms with van der Waals surface area (Å²) in [4.78, 5) is 0. The largest absolute Gasteiger partial charge is 0.383 e. The Labute approximate surface area is 112 Å². The van der Waals surface area contributed by atoms with Crippen LogP contribution >= 0.6 is 0 Å². The van der Waals surface area contributed by atoms with Gasteiger partial charge in [0.2, 0.25) is 0 Å². The maximum Gasteiger partial charge on any atom is 0.0587 e. The Morgan fingerprint density at radius 3 is 2.83 bits per heavy atom. The van der Waals surface area contributed by atoms with Crippen molar-refractivity contribution in [2.75, 3.05) is 40.0 Å². The number of nitrogens with one attached hydrogen (secondary N) is 1. The van der Waals surface area contributed by atoms with Crippen molar-refractivity contribution < 1.29 is 9.47 Å². The monoisotopic (exact) mass is 255 g/mol. The van der Waals surface area contributed by atoms with Crippen LogP contribution in [-0.4, -0.2) is 40.0 Å². The Balaban J connectivity index is 1.71. The third-order valence-electron chi connectivity index (χ3n) is 4.73. The normalized spacial score (nSPS) is 29.2. The van der Waals surface area contributed by atoms with E-state index in [0.29, 0.717) is 5.41 Å². The second-order valence-corrected chi connectivity index (χ2v) is 6.16. The Bertz CT molecular complexity index is 221. The lowest BCUT2D eigenvalue weighted by atomic mass is 9.80. The lowest BCUT2D eigenvalue weighted by Gasteiger charge is -2.29. The predicted octanol–water partition coefficient (Wildman–Crippen LogP) is 2.60. The highest BCUT2D eigenvalue weighted by molar-refractivity contribution is 4.86. The highest BCUT2D eigenvalue weighted by Gasteiger charge is 2.35. The molecule has 106 valence electrons. The van der Waals surface area contributed by atoms with E-state index in [2.05, 4.69) is 5.32 Å². The molecule has 3 heteroatoms. The summed E-state index contributed by atoms with van der Waals surface area (Å²) in [7, 11) is 1.76. The molecule has 0 aromatic rings. The number of methoxy groups -OCH3 is 1. The van der Waals surface area contributed by atoms with Crippen molar-refractivity contribution in [1.29, 1.82) is 0 Å². The van der Waals surface area contributed by atoms with Crippen LogP contribution in [0, 0.1) is 11.3 Å². The summed E-state index contributed by atoms with van der Waals surface area (Å²) in [6.07, 6.45) is 9.84. The molecule has 2 aliphatic rings. The van der Waals surface area contributed by atoms with Gasteiger partial charge in [-0.3, -0.25) is 0 Å². The van der Waals surface area contributed by atoms with Gasteiger partial charge in [-0.15, -0.1) is 0 Å². The SMILES string of the molecule is COCCNCC1(CCC2CCCC2)CCOC1. The number of hydrogen-bond donors (Lipinski definition) is 1. The van der Waals surface area contributed by atoms with E-state index in [1.807, 2.05) is 0 Å². The fourth-order valence-electron chi connectivity index (χ4n) is 3.41. The smallest absolute Gasteiger partial charge is 0.0587 e. The van der Waals surface area contributed by atoms with Crippen LogP contribution in [0.2, 0.25) is 0 Å². The lowest BCUT2D eigenvalue weighted by molar-refractivity contribution is 0.134. The van der Waals surface area contributed by atoms with E-state index < -0.39 is 0 Å². The number of hydrogen-bond acceptors (Lipinski definition) is 3. The highest BCUT2D eigenvalue weighted by atomic mass is 16.5. The van der Waals surface area contributed by atoms with Gasteiger partial charge in [0.15, 0.2) is 0 Å². The molecule has 0 spiro atoms. The highest BCUT2D eigenvalue weighted by Crippen LogP contribution is 2.37. The quantitative estimate of drug-likeness (QED) is 0.676. The third kappa shape index (κ3) is 4.22. The Kier molecular flexibility index (Phi) is 5.93. The summed E-state index contributed by atoms with van der Waals surface area (Å²) in [5.74, 6) is 1.00. The number of rotatable bonds is 8. The molecule has 0 radical (unpaired) electrons. The van der Waals surface area contributed by atoms with E-state index in [9.17, 15) is 0 Å². The molecule has 1 atom stereocenters. The summed E-state index contributed by atoms with van der Waals surface area (Å²) >= 11 is 0. The number of ether oxygens (including phenoxy) is 2. The van der Waals surface area contributed by atoms with Gasteiger partial charge < -0.3 is 14.8 Å². The zero-order valence-electron chi connectivity index (χ0n) is 11.9. The van der Waals surface area contributed by atoms with Crippen LogP contribution in [0.4, 0.5) is 0 Å². The summed E-state index contributed by atoms with van der Waals surface area (Å²) in [6, 6.07) is 0. The first kappa shape index (κ1) is 14.3. The molecule has 3 nitrogen and oxygen atoms in total. The molecule has 1 aliphatic heterocycles. The molecule has 2 rings (SSSR count). The van der Waals surface area contributed by atoms with Crippen molar-refractivity contribution in [2.24, 2.45) is 11.3 Å². The molecule has 2 fully saturated rings. The molecule has 1 aliphatic carbocycles. The fraction of sp³-hybridized carbons (Fsp3) is 1.00. The van der Waals surface area contributed by atoms with Crippen LogP contribution < -0.4 is 5.32 Å². The van der Waals surface area contributed by atoms with Crippen LogP contribution in [0.1, 0.15) is 44.9 Å². The van der Waals surface area contributed by atoms with Gasteiger partial charge in [-0.1, -0.05) is 25.7 Å². The summed E-state index contributed by atoms with van der Waals surface area (Å²) < 4.78 is 10.7. The van der Waals surface area contributed by atoms with E-state index >= 15 is 0 Å². The van der Waals surface area contributed by atoms with Gasteiger partial charge >= 0.3 is 0 Å². The van der Waals surface area contributed by atoms with E-state index in [0.717, 1.165) is 38.8 Å². The minimum Gasteiger partial charge on any atom is -0.383 e. The van der Waals surface area contributed by atoms with Gasteiger partial charge in [0.05, 0.1) is 13.2 Å². The van der Waals surface area contributed by atoms with Crippen molar-refractivity contribution in [1.82, 2.24) is 5.32 Å². The van der Waals surface area contributed by atoms with Crippen molar-refractivity contribution in [3.8, 4) is 0 Å². The van der Waals surface area contributed by atoms with E-state index in [1.54, 1.807) is 7.11 Å². The van der Waals surface area contributed by atoms with Crippen LogP contribution in [0.25, 0.3) is 0 Å². The third-order valence-corrected chi connectivity index (χ3v) is 4.73. The minimum absolute atomic E-state index is 0.413. The molecule has 1 heterocycles. The minimum atomic E-state index is 0.413. The maximum absolute atomic E-state index is 5.66. The first-order valence-electron chi connectivity index (χ1n) is 7.62. The van der Waals surface area contributed by atoms with E-state index in [4.69, 9.17) is 9.47 Å². The molecule has 0 aromatic carbocycles. The van der Waals surface area contributed by atoms with Crippen LogP contribution in [-0.2, 0) is 9.47 Å².